The van der Waals surface area contributed by atoms with Crippen LogP contribution in [0.5, 0.6) is 0 Å². The van der Waals surface area contributed by atoms with Crippen LogP contribution >= 0.6 is 0 Å². The first-order chi connectivity index (χ1) is 8.22. The van der Waals surface area contributed by atoms with Crippen molar-refractivity contribution >= 4 is 5.97 Å². The van der Waals surface area contributed by atoms with Crippen molar-refractivity contribution in [3.8, 4) is 0 Å². The SMILES string of the molecule is CCOC(=O)CC(O)CNCC1CCOCC1. The Bertz CT molecular complexity index is 217. The number of rotatable bonds is 7. The Morgan fingerprint density at radius 1 is 1.53 bits per heavy atom. The molecule has 0 spiro atoms. The number of hydrogen-bond acceptors (Lipinski definition) is 5. The molecule has 0 aliphatic carbocycles. The van der Waals surface area contributed by atoms with Crippen LogP contribution < -0.4 is 5.32 Å². The highest BCUT2D eigenvalue weighted by Crippen LogP contribution is 2.13. The van der Waals surface area contributed by atoms with E-state index in [4.69, 9.17) is 9.47 Å². The number of nitrogens with one attached hydrogen (secondary N) is 1. The largest absolute Gasteiger partial charge is 0.466 e. The molecule has 5 heteroatoms. The average molecular weight is 245 g/mol. The smallest absolute Gasteiger partial charge is 0.308 e. The number of aliphatic hydroxyl groups is 1. The van der Waals surface area contributed by atoms with E-state index in [1.54, 1.807) is 6.92 Å². The Labute approximate surface area is 102 Å². The summed E-state index contributed by atoms with van der Waals surface area (Å²) in [5.74, 6) is 0.284. The number of ether oxygens (including phenoxy) is 2. The lowest BCUT2D eigenvalue weighted by molar-refractivity contribution is -0.145. The van der Waals surface area contributed by atoms with E-state index >= 15 is 0 Å². The maximum Gasteiger partial charge on any atom is 0.308 e. The van der Waals surface area contributed by atoms with Crippen LogP contribution in [0.1, 0.15) is 26.2 Å². The normalized spacial score (nSPS) is 18.9. The van der Waals surface area contributed by atoms with E-state index < -0.39 is 6.10 Å². The first-order valence-electron chi connectivity index (χ1n) is 6.34. The third-order valence-electron chi connectivity index (χ3n) is 2.86. The van der Waals surface area contributed by atoms with Crippen molar-refractivity contribution in [3.63, 3.8) is 0 Å². The second-order valence-electron chi connectivity index (χ2n) is 4.38. The summed E-state index contributed by atoms with van der Waals surface area (Å²) in [4.78, 5) is 11.1. The van der Waals surface area contributed by atoms with Gasteiger partial charge in [-0.1, -0.05) is 0 Å². The molecular weight excluding hydrogens is 222 g/mol. The Hall–Kier alpha value is -0.650. The van der Waals surface area contributed by atoms with E-state index in [0.29, 0.717) is 19.1 Å². The molecule has 0 bridgehead atoms. The maximum atomic E-state index is 11.1. The third kappa shape index (κ3) is 6.61. The number of aliphatic hydroxyl groups excluding tert-OH is 1. The minimum Gasteiger partial charge on any atom is -0.466 e. The summed E-state index contributed by atoms with van der Waals surface area (Å²) in [6, 6.07) is 0. The van der Waals surface area contributed by atoms with Gasteiger partial charge in [-0.3, -0.25) is 4.79 Å². The Morgan fingerprint density at radius 2 is 2.24 bits per heavy atom. The fourth-order valence-electron chi connectivity index (χ4n) is 1.89. The first kappa shape index (κ1) is 14.4. The van der Waals surface area contributed by atoms with E-state index in [1.807, 2.05) is 0 Å². The van der Waals surface area contributed by atoms with Gasteiger partial charge in [-0.2, -0.15) is 0 Å². The van der Waals surface area contributed by atoms with Gasteiger partial charge in [0.05, 0.1) is 19.1 Å². The molecule has 1 aliphatic rings. The summed E-state index contributed by atoms with van der Waals surface area (Å²) in [5.41, 5.74) is 0. The Kier molecular flexibility index (Phi) is 7.16. The van der Waals surface area contributed by atoms with Crippen LogP contribution in [0.25, 0.3) is 0 Å². The summed E-state index contributed by atoms with van der Waals surface area (Å²) in [6.07, 6.45) is 1.55. The van der Waals surface area contributed by atoms with E-state index in [0.717, 1.165) is 32.6 Å². The molecule has 100 valence electrons. The molecule has 0 radical (unpaired) electrons. The van der Waals surface area contributed by atoms with Gasteiger partial charge in [0.2, 0.25) is 0 Å². The minimum absolute atomic E-state index is 0.0641. The molecule has 0 aromatic carbocycles. The van der Waals surface area contributed by atoms with Gasteiger partial charge in [-0.25, -0.2) is 0 Å². The first-order valence-corrected chi connectivity index (χ1v) is 6.34. The van der Waals surface area contributed by atoms with Crippen molar-refractivity contribution in [1.29, 1.82) is 0 Å². The van der Waals surface area contributed by atoms with Gasteiger partial charge >= 0.3 is 5.97 Å². The molecule has 5 nitrogen and oxygen atoms in total. The second kappa shape index (κ2) is 8.44. The highest BCUT2D eigenvalue weighted by Gasteiger charge is 2.15. The summed E-state index contributed by atoms with van der Waals surface area (Å²) in [6.45, 7) is 5.10. The molecule has 1 atom stereocenters. The monoisotopic (exact) mass is 245 g/mol. The predicted molar refractivity (Wildman–Crippen MR) is 63.7 cm³/mol. The van der Waals surface area contributed by atoms with E-state index in [9.17, 15) is 9.90 Å². The molecule has 0 aromatic rings. The molecule has 17 heavy (non-hydrogen) atoms. The summed E-state index contributed by atoms with van der Waals surface area (Å²) in [5, 5.41) is 12.8. The lowest BCUT2D eigenvalue weighted by atomic mass is 10.0. The molecule has 2 N–H and O–H groups in total. The van der Waals surface area contributed by atoms with Gasteiger partial charge in [-0.05, 0) is 32.2 Å². The van der Waals surface area contributed by atoms with Crippen LogP contribution in [0.3, 0.4) is 0 Å². The zero-order valence-electron chi connectivity index (χ0n) is 10.5. The topological polar surface area (TPSA) is 67.8 Å². The summed E-state index contributed by atoms with van der Waals surface area (Å²) in [7, 11) is 0. The lowest BCUT2D eigenvalue weighted by Crippen LogP contribution is -2.34. The Balaban J connectivity index is 2.02. The summed E-state index contributed by atoms with van der Waals surface area (Å²) >= 11 is 0. The van der Waals surface area contributed by atoms with Gasteiger partial charge in [0.25, 0.3) is 0 Å². The van der Waals surface area contributed by atoms with Crippen LogP contribution in [0.4, 0.5) is 0 Å². The standard InChI is InChI=1S/C12H23NO4/c1-2-17-12(15)7-11(14)9-13-8-10-3-5-16-6-4-10/h10-11,13-14H,2-9H2,1H3. The van der Waals surface area contributed by atoms with Crippen molar-refractivity contribution < 1.29 is 19.4 Å². The van der Waals surface area contributed by atoms with Crippen LogP contribution in [0, 0.1) is 5.92 Å². The predicted octanol–water partition coefficient (Wildman–Crippen LogP) is 0.317. The highest BCUT2D eigenvalue weighted by atomic mass is 16.5. The van der Waals surface area contributed by atoms with Crippen molar-refractivity contribution in [2.75, 3.05) is 32.9 Å². The molecule has 1 rings (SSSR count). The highest BCUT2D eigenvalue weighted by molar-refractivity contribution is 5.69. The van der Waals surface area contributed by atoms with Crippen LogP contribution in [0.15, 0.2) is 0 Å². The lowest BCUT2D eigenvalue weighted by Gasteiger charge is -2.22. The molecule has 0 saturated carbocycles. The molecular formula is C12H23NO4. The van der Waals surface area contributed by atoms with Crippen molar-refractivity contribution in [1.82, 2.24) is 5.32 Å². The van der Waals surface area contributed by atoms with E-state index in [2.05, 4.69) is 5.32 Å². The van der Waals surface area contributed by atoms with Gasteiger partial charge in [0.1, 0.15) is 0 Å². The molecule has 1 aliphatic heterocycles. The maximum absolute atomic E-state index is 11.1. The fraction of sp³-hybridized carbons (Fsp3) is 0.917. The fourth-order valence-corrected chi connectivity index (χ4v) is 1.89. The van der Waals surface area contributed by atoms with Gasteiger partial charge in [0.15, 0.2) is 0 Å². The Morgan fingerprint density at radius 3 is 2.88 bits per heavy atom. The van der Waals surface area contributed by atoms with Crippen molar-refractivity contribution in [3.05, 3.63) is 0 Å². The summed E-state index contributed by atoms with van der Waals surface area (Å²) < 4.78 is 10.0. The van der Waals surface area contributed by atoms with Gasteiger partial charge < -0.3 is 19.9 Å². The second-order valence-corrected chi connectivity index (χ2v) is 4.38. The van der Waals surface area contributed by atoms with Crippen molar-refractivity contribution in [2.45, 2.75) is 32.3 Å². The number of hydrogen-bond donors (Lipinski definition) is 2. The van der Waals surface area contributed by atoms with Gasteiger partial charge in [0, 0.05) is 19.8 Å². The minimum atomic E-state index is -0.658. The van der Waals surface area contributed by atoms with Crippen LogP contribution in [0.2, 0.25) is 0 Å². The van der Waals surface area contributed by atoms with Crippen LogP contribution in [-0.2, 0) is 14.3 Å². The third-order valence-corrected chi connectivity index (χ3v) is 2.86. The van der Waals surface area contributed by atoms with E-state index in [1.165, 1.54) is 0 Å². The molecule has 1 unspecified atom stereocenters. The molecule has 1 saturated heterocycles. The zero-order chi connectivity index (χ0) is 12.5. The number of esters is 1. The van der Waals surface area contributed by atoms with Crippen molar-refractivity contribution in [2.24, 2.45) is 5.92 Å². The van der Waals surface area contributed by atoms with E-state index in [-0.39, 0.29) is 12.4 Å². The molecule has 1 heterocycles. The van der Waals surface area contributed by atoms with Gasteiger partial charge in [-0.15, -0.1) is 0 Å². The molecule has 0 aromatic heterocycles. The quantitative estimate of drug-likeness (QED) is 0.632. The average Bonchev–Trinajstić information content (AvgIpc) is 2.30. The zero-order valence-corrected chi connectivity index (χ0v) is 10.5. The van der Waals surface area contributed by atoms with Crippen LogP contribution in [-0.4, -0.2) is 50.1 Å². The molecule has 0 amide bonds. The molecule has 1 fully saturated rings. The number of carbonyl (C=O) groups is 1. The number of carbonyl (C=O) groups excluding carboxylic acids is 1.